The maximum Gasteiger partial charge on any atom is 0.243 e. The van der Waals surface area contributed by atoms with Crippen LogP contribution in [0.3, 0.4) is 0 Å². The molecule has 0 spiro atoms. The number of thiazole rings is 1. The average Bonchev–Trinajstić information content (AvgIpc) is 3.41. The van der Waals surface area contributed by atoms with Crippen molar-refractivity contribution in [2.75, 3.05) is 18.4 Å². The Labute approximate surface area is 204 Å². The van der Waals surface area contributed by atoms with Gasteiger partial charge in [0.2, 0.25) is 21.1 Å². The number of carbonyl (C=O) groups is 1. The number of fused-ring (bicyclic) bond motifs is 1. The van der Waals surface area contributed by atoms with Gasteiger partial charge >= 0.3 is 0 Å². The molecule has 1 amide bonds. The van der Waals surface area contributed by atoms with Gasteiger partial charge in [-0.2, -0.15) is 14.1 Å². The van der Waals surface area contributed by atoms with E-state index in [9.17, 15) is 22.0 Å². The predicted octanol–water partition coefficient (Wildman–Crippen LogP) is 4.11. The summed E-state index contributed by atoms with van der Waals surface area (Å²) in [4.78, 5) is 17.5. The summed E-state index contributed by atoms with van der Waals surface area (Å²) in [5.74, 6) is -1.05. The van der Waals surface area contributed by atoms with Crippen LogP contribution in [0.25, 0.3) is 15.3 Å². The lowest BCUT2D eigenvalue weighted by Gasteiger charge is -2.30. The van der Waals surface area contributed by atoms with Crippen LogP contribution in [0.2, 0.25) is 0 Å². The highest BCUT2D eigenvalue weighted by atomic mass is 32.2. The van der Waals surface area contributed by atoms with Crippen LogP contribution in [0.4, 0.5) is 14.6 Å². The third-order valence-corrected chi connectivity index (χ3v) is 8.79. The molecule has 182 valence electrons. The number of hydrogen-bond acceptors (Lipinski definition) is 6. The van der Waals surface area contributed by atoms with Crippen LogP contribution in [0.15, 0.2) is 53.4 Å². The molecule has 35 heavy (non-hydrogen) atoms. The first kappa shape index (κ1) is 23.5. The van der Waals surface area contributed by atoms with Crippen molar-refractivity contribution < 1.29 is 22.0 Å². The topological polar surface area (TPSA) is 97.2 Å². The van der Waals surface area contributed by atoms with E-state index < -0.39 is 15.8 Å². The van der Waals surface area contributed by atoms with Gasteiger partial charge in [0, 0.05) is 25.1 Å². The number of amides is 1. The van der Waals surface area contributed by atoms with E-state index >= 15 is 0 Å². The lowest BCUT2D eigenvalue weighted by Crippen LogP contribution is -2.41. The summed E-state index contributed by atoms with van der Waals surface area (Å²) in [6.45, 7) is 2.15. The lowest BCUT2D eigenvalue weighted by molar-refractivity contribution is -0.120. The van der Waals surface area contributed by atoms with E-state index in [1.165, 1.54) is 44.6 Å². The fraction of sp³-hybridized carbons (Fsp3) is 0.261. The van der Waals surface area contributed by atoms with Crippen molar-refractivity contribution in [3.05, 3.63) is 65.9 Å². The van der Waals surface area contributed by atoms with Gasteiger partial charge < -0.3 is 5.32 Å². The summed E-state index contributed by atoms with van der Waals surface area (Å²) in [5, 5.41) is 7.81. The number of anilines is 1. The second-order valence-corrected chi connectivity index (χ2v) is 11.3. The van der Waals surface area contributed by atoms with E-state index in [0.717, 1.165) is 12.1 Å². The Hall–Kier alpha value is -3.22. The fourth-order valence-corrected chi connectivity index (χ4v) is 6.48. The Bertz CT molecular complexity index is 1510. The molecule has 1 saturated heterocycles. The summed E-state index contributed by atoms with van der Waals surface area (Å²) >= 11 is 1.26. The molecule has 1 fully saturated rings. The van der Waals surface area contributed by atoms with Gasteiger partial charge in [-0.05, 0) is 62.2 Å². The van der Waals surface area contributed by atoms with Gasteiger partial charge in [-0.1, -0.05) is 11.3 Å². The molecule has 0 unspecified atom stereocenters. The largest absolute Gasteiger partial charge is 0.310 e. The van der Waals surface area contributed by atoms with E-state index in [1.54, 1.807) is 19.1 Å². The number of aryl methyl sites for hydroxylation is 1. The monoisotopic (exact) mass is 517 g/mol. The molecule has 0 atom stereocenters. The third kappa shape index (κ3) is 4.68. The Balaban J connectivity index is 1.28. The number of hydrogen-bond donors (Lipinski definition) is 1. The predicted molar refractivity (Wildman–Crippen MR) is 128 cm³/mol. The highest BCUT2D eigenvalue weighted by molar-refractivity contribution is 7.89. The number of rotatable bonds is 5. The second-order valence-electron chi connectivity index (χ2n) is 8.31. The van der Waals surface area contributed by atoms with Crippen LogP contribution >= 0.6 is 11.3 Å². The summed E-state index contributed by atoms with van der Waals surface area (Å²) in [6.07, 6.45) is 0.694. The number of sulfonamides is 1. The van der Waals surface area contributed by atoms with Crippen molar-refractivity contribution in [2.24, 2.45) is 5.92 Å². The summed E-state index contributed by atoms with van der Waals surface area (Å²) in [5.41, 5.74) is 1.30. The molecule has 2 aromatic heterocycles. The van der Waals surface area contributed by atoms with Gasteiger partial charge in [0.15, 0.2) is 0 Å². The van der Waals surface area contributed by atoms with Gasteiger partial charge in [-0.15, -0.1) is 0 Å². The minimum atomic E-state index is -3.75. The molecular weight excluding hydrogens is 496 g/mol. The van der Waals surface area contributed by atoms with Crippen molar-refractivity contribution >= 4 is 43.3 Å². The normalized spacial score (nSPS) is 15.5. The average molecular weight is 518 g/mol. The maximum atomic E-state index is 13.6. The Morgan fingerprint density at radius 1 is 1.06 bits per heavy atom. The highest BCUT2D eigenvalue weighted by Crippen LogP contribution is 2.29. The second kappa shape index (κ2) is 9.10. The molecule has 0 radical (unpaired) electrons. The van der Waals surface area contributed by atoms with Gasteiger partial charge in [0.05, 0.1) is 20.8 Å². The van der Waals surface area contributed by atoms with Crippen LogP contribution in [-0.2, 0) is 14.8 Å². The minimum Gasteiger partial charge on any atom is -0.310 e. The van der Waals surface area contributed by atoms with Crippen LogP contribution in [0, 0.1) is 24.5 Å². The number of carbonyl (C=O) groups excluding carboxylic acids is 1. The Morgan fingerprint density at radius 3 is 2.46 bits per heavy atom. The molecule has 4 aromatic rings. The highest BCUT2D eigenvalue weighted by Gasteiger charge is 2.32. The molecular formula is C23H21F2N5O3S2. The number of nitrogens with one attached hydrogen (secondary N) is 1. The molecule has 5 rings (SSSR count). The van der Waals surface area contributed by atoms with E-state index in [0.29, 0.717) is 39.7 Å². The van der Waals surface area contributed by atoms with Crippen molar-refractivity contribution in [3.63, 3.8) is 0 Å². The van der Waals surface area contributed by atoms with Gasteiger partial charge in [-0.25, -0.2) is 22.2 Å². The van der Waals surface area contributed by atoms with Crippen molar-refractivity contribution in [1.29, 1.82) is 0 Å². The maximum absolute atomic E-state index is 13.6. The lowest BCUT2D eigenvalue weighted by atomic mass is 9.97. The molecule has 2 aromatic carbocycles. The van der Waals surface area contributed by atoms with Crippen LogP contribution in [0.5, 0.6) is 0 Å². The Morgan fingerprint density at radius 2 is 1.74 bits per heavy atom. The summed E-state index contributed by atoms with van der Waals surface area (Å²) in [7, 11) is -3.75. The van der Waals surface area contributed by atoms with E-state index in [-0.39, 0.29) is 35.6 Å². The fourth-order valence-electron chi connectivity index (χ4n) is 4.05. The zero-order valence-electron chi connectivity index (χ0n) is 18.6. The van der Waals surface area contributed by atoms with Gasteiger partial charge in [0.25, 0.3) is 0 Å². The first-order valence-corrected chi connectivity index (χ1v) is 13.2. The molecule has 3 heterocycles. The third-order valence-electron chi connectivity index (χ3n) is 5.88. The first-order chi connectivity index (χ1) is 16.7. The quantitative estimate of drug-likeness (QED) is 0.430. The molecule has 0 saturated carbocycles. The van der Waals surface area contributed by atoms with E-state index in [4.69, 9.17) is 0 Å². The standard InChI is InChI=1S/C23H21F2N5O3S2/c1-14-12-21(30(28-14)23-26-19-7-4-17(25)13-20(19)34-23)27-22(31)15-8-10-29(11-9-15)35(32,33)18-5-2-16(24)3-6-18/h2-7,12-13,15H,8-11H2,1H3,(H,27,31). The summed E-state index contributed by atoms with van der Waals surface area (Å²) < 4.78 is 55.9. The SMILES string of the molecule is Cc1cc(NC(=O)C2CCN(S(=O)(=O)c3ccc(F)cc3)CC2)n(-c2nc3ccc(F)cc3s2)n1. The number of piperidine rings is 1. The molecule has 1 aliphatic heterocycles. The number of halogens is 2. The van der Waals surface area contributed by atoms with Crippen molar-refractivity contribution in [1.82, 2.24) is 19.1 Å². The number of nitrogens with zero attached hydrogens (tertiary/aromatic N) is 4. The number of benzene rings is 2. The smallest absolute Gasteiger partial charge is 0.243 e. The van der Waals surface area contributed by atoms with Crippen molar-refractivity contribution in [2.45, 2.75) is 24.7 Å². The van der Waals surface area contributed by atoms with Crippen LogP contribution < -0.4 is 5.32 Å². The zero-order chi connectivity index (χ0) is 24.7. The van der Waals surface area contributed by atoms with Gasteiger partial charge in [-0.3, -0.25) is 4.79 Å². The van der Waals surface area contributed by atoms with Crippen molar-refractivity contribution in [3.8, 4) is 5.13 Å². The number of aromatic nitrogens is 3. The Kier molecular flexibility index (Phi) is 6.11. The summed E-state index contributed by atoms with van der Waals surface area (Å²) in [6, 6.07) is 10.8. The molecule has 0 bridgehead atoms. The molecule has 1 N–H and O–H groups in total. The molecule has 12 heteroatoms. The molecule has 0 aliphatic carbocycles. The first-order valence-electron chi connectivity index (χ1n) is 10.9. The minimum absolute atomic E-state index is 0.0249. The van der Waals surface area contributed by atoms with E-state index in [2.05, 4.69) is 15.4 Å². The molecule has 8 nitrogen and oxygen atoms in total. The van der Waals surface area contributed by atoms with Crippen LogP contribution in [-0.4, -0.2) is 46.5 Å². The molecule has 1 aliphatic rings. The zero-order valence-corrected chi connectivity index (χ0v) is 20.2. The van der Waals surface area contributed by atoms with Gasteiger partial charge in [0.1, 0.15) is 17.5 Å². The van der Waals surface area contributed by atoms with E-state index in [1.807, 2.05) is 0 Å². The van der Waals surface area contributed by atoms with Crippen LogP contribution in [0.1, 0.15) is 18.5 Å².